The van der Waals surface area contributed by atoms with Crippen molar-refractivity contribution in [3.63, 3.8) is 0 Å². The molecule has 0 N–H and O–H groups in total. The summed E-state index contributed by atoms with van der Waals surface area (Å²) in [4.78, 5) is 12.1. The fourth-order valence-corrected chi connectivity index (χ4v) is 2.62. The lowest BCUT2D eigenvalue weighted by molar-refractivity contribution is -0.105. The normalized spacial score (nSPS) is 17.8. The molecule has 24 heavy (non-hydrogen) atoms. The van der Waals surface area contributed by atoms with Crippen molar-refractivity contribution in [2.24, 2.45) is 0 Å². The minimum absolute atomic E-state index is 0.0531. The average molecular weight is 343 g/mol. The van der Waals surface area contributed by atoms with Gasteiger partial charge in [-0.1, -0.05) is 29.8 Å². The van der Waals surface area contributed by atoms with Crippen LogP contribution < -0.4 is 4.74 Å². The molecule has 0 bridgehead atoms. The van der Waals surface area contributed by atoms with E-state index in [0.717, 1.165) is 37.2 Å². The van der Waals surface area contributed by atoms with Crippen molar-refractivity contribution in [3.8, 4) is 5.75 Å². The zero-order valence-electron chi connectivity index (χ0n) is 13.3. The molecule has 0 spiro atoms. The van der Waals surface area contributed by atoms with Gasteiger partial charge in [0.25, 0.3) is 0 Å². The monoisotopic (exact) mass is 342 g/mol. The van der Waals surface area contributed by atoms with Crippen LogP contribution >= 0.6 is 11.6 Å². The number of halogens is 1. The van der Waals surface area contributed by atoms with Gasteiger partial charge in [-0.15, -0.1) is 0 Å². The molecule has 4 heteroatoms. The van der Waals surface area contributed by atoms with Crippen LogP contribution in [-0.2, 0) is 4.74 Å². The Morgan fingerprint density at radius 1 is 1.08 bits per heavy atom. The Hall–Kier alpha value is -2.10. The molecular formula is C20H19ClO3. The first-order chi connectivity index (χ1) is 11.7. The van der Waals surface area contributed by atoms with Gasteiger partial charge in [-0.3, -0.25) is 4.79 Å². The van der Waals surface area contributed by atoms with Gasteiger partial charge in [-0.25, -0.2) is 0 Å². The van der Waals surface area contributed by atoms with E-state index < -0.39 is 0 Å². The number of benzene rings is 2. The second kappa shape index (κ2) is 8.13. The molecule has 0 aliphatic carbocycles. The molecule has 1 fully saturated rings. The van der Waals surface area contributed by atoms with Crippen molar-refractivity contribution in [3.05, 3.63) is 70.8 Å². The highest BCUT2D eigenvalue weighted by Gasteiger charge is 2.14. The summed E-state index contributed by atoms with van der Waals surface area (Å²) in [6.45, 7) is 0.762. The van der Waals surface area contributed by atoms with E-state index in [1.807, 2.05) is 24.3 Å². The van der Waals surface area contributed by atoms with Gasteiger partial charge in [-0.05, 0) is 60.9 Å². The van der Waals surface area contributed by atoms with E-state index >= 15 is 0 Å². The first-order valence-corrected chi connectivity index (χ1v) is 8.45. The number of ketones is 1. The predicted molar refractivity (Wildman–Crippen MR) is 95.5 cm³/mol. The number of carbonyl (C=O) groups is 1. The Balaban J connectivity index is 1.58. The molecule has 1 unspecified atom stereocenters. The van der Waals surface area contributed by atoms with E-state index in [-0.39, 0.29) is 12.1 Å². The maximum Gasteiger partial charge on any atom is 0.199 e. The Labute approximate surface area is 146 Å². The fraction of sp³-hybridized carbons (Fsp3) is 0.250. The second-order valence-corrected chi connectivity index (χ2v) is 6.12. The quantitative estimate of drug-likeness (QED) is 0.557. The number of carbonyl (C=O) groups excluding carboxylic acids is 1. The van der Waals surface area contributed by atoms with E-state index in [0.29, 0.717) is 10.6 Å². The van der Waals surface area contributed by atoms with Crippen molar-refractivity contribution in [2.45, 2.75) is 25.6 Å². The molecule has 0 amide bonds. The van der Waals surface area contributed by atoms with Gasteiger partial charge in [-0.2, -0.15) is 0 Å². The minimum atomic E-state index is -0.147. The Morgan fingerprint density at radius 3 is 2.50 bits per heavy atom. The van der Waals surface area contributed by atoms with Gasteiger partial charge < -0.3 is 9.47 Å². The van der Waals surface area contributed by atoms with Crippen LogP contribution in [0.25, 0.3) is 6.08 Å². The highest BCUT2D eigenvalue weighted by molar-refractivity contribution is 6.30. The molecule has 0 aromatic heterocycles. The molecule has 0 radical (unpaired) electrons. The molecular weight excluding hydrogens is 324 g/mol. The number of rotatable bonds is 5. The summed E-state index contributed by atoms with van der Waals surface area (Å²) in [6, 6.07) is 14.5. The summed E-state index contributed by atoms with van der Waals surface area (Å²) in [5.41, 5.74) is 1.55. The second-order valence-electron chi connectivity index (χ2n) is 5.69. The van der Waals surface area contributed by atoms with Gasteiger partial charge in [0.15, 0.2) is 12.1 Å². The number of ether oxygens (including phenoxy) is 2. The van der Waals surface area contributed by atoms with Crippen LogP contribution in [0, 0.1) is 0 Å². The van der Waals surface area contributed by atoms with E-state index in [2.05, 4.69) is 0 Å². The SMILES string of the molecule is O=C(/C=C/c1ccc(OC2CCCCO2)cc1)c1ccc(Cl)cc1. The predicted octanol–water partition coefficient (Wildman–Crippen LogP) is 5.14. The van der Waals surface area contributed by atoms with Crippen LogP contribution in [0.1, 0.15) is 35.2 Å². The van der Waals surface area contributed by atoms with Crippen molar-refractivity contribution in [2.75, 3.05) is 6.61 Å². The summed E-state index contributed by atoms with van der Waals surface area (Å²) in [5, 5.41) is 0.619. The zero-order valence-corrected chi connectivity index (χ0v) is 14.0. The summed E-state index contributed by atoms with van der Waals surface area (Å²) in [6.07, 6.45) is 6.37. The number of hydrogen-bond donors (Lipinski definition) is 0. The maximum atomic E-state index is 12.1. The van der Waals surface area contributed by atoms with Crippen LogP contribution in [-0.4, -0.2) is 18.7 Å². The molecule has 124 valence electrons. The molecule has 0 saturated carbocycles. The standard InChI is InChI=1S/C20H19ClO3/c21-17-9-7-16(8-10-17)19(22)13-6-15-4-11-18(12-5-15)24-20-3-1-2-14-23-20/h4-13,20H,1-3,14H2/b13-6+. The molecule has 1 aliphatic heterocycles. The molecule has 2 aromatic carbocycles. The van der Waals surface area contributed by atoms with E-state index in [4.69, 9.17) is 21.1 Å². The summed E-state index contributed by atoms with van der Waals surface area (Å²) < 4.78 is 11.3. The molecule has 1 heterocycles. The average Bonchev–Trinajstić information content (AvgIpc) is 2.62. The fourth-order valence-electron chi connectivity index (χ4n) is 2.50. The zero-order chi connectivity index (χ0) is 16.8. The molecule has 1 aliphatic rings. The minimum Gasteiger partial charge on any atom is -0.465 e. The van der Waals surface area contributed by atoms with E-state index in [1.54, 1.807) is 36.4 Å². The summed E-state index contributed by atoms with van der Waals surface area (Å²) >= 11 is 5.82. The Morgan fingerprint density at radius 2 is 1.83 bits per heavy atom. The van der Waals surface area contributed by atoms with Gasteiger partial charge in [0.1, 0.15) is 5.75 Å². The van der Waals surface area contributed by atoms with E-state index in [1.165, 1.54) is 0 Å². The van der Waals surface area contributed by atoms with Gasteiger partial charge in [0.2, 0.25) is 0 Å². The lowest BCUT2D eigenvalue weighted by Crippen LogP contribution is -2.24. The Kier molecular flexibility index (Phi) is 5.68. The van der Waals surface area contributed by atoms with Gasteiger partial charge >= 0.3 is 0 Å². The smallest absolute Gasteiger partial charge is 0.199 e. The van der Waals surface area contributed by atoms with Crippen LogP contribution in [0.15, 0.2) is 54.6 Å². The first kappa shape index (κ1) is 16.7. The van der Waals surface area contributed by atoms with Gasteiger partial charge in [0.05, 0.1) is 6.61 Å². The number of allylic oxidation sites excluding steroid dienone is 1. The lowest BCUT2D eigenvalue weighted by Gasteiger charge is -2.23. The first-order valence-electron chi connectivity index (χ1n) is 8.07. The largest absolute Gasteiger partial charge is 0.465 e. The molecule has 1 atom stereocenters. The molecule has 1 saturated heterocycles. The third kappa shape index (κ3) is 4.70. The highest BCUT2D eigenvalue weighted by Crippen LogP contribution is 2.20. The molecule has 3 nitrogen and oxygen atoms in total. The highest BCUT2D eigenvalue weighted by atomic mass is 35.5. The van der Waals surface area contributed by atoms with Crippen molar-refractivity contribution in [1.29, 1.82) is 0 Å². The van der Waals surface area contributed by atoms with Crippen molar-refractivity contribution in [1.82, 2.24) is 0 Å². The van der Waals surface area contributed by atoms with Gasteiger partial charge in [0, 0.05) is 17.0 Å². The topological polar surface area (TPSA) is 35.5 Å². The third-order valence-corrected chi connectivity index (χ3v) is 4.09. The maximum absolute atomic E-state index is 12.1. The van der Waals surface area contributed by atoms with Crippen molar-refractivity contribution >= 4 is 23.5 Å². The van der Waals surface area contributed by atoms with Crippen LogP contribution in [0.5, 0.6) is 5.75 Å². The lowest BCUT2D eigenvalue weighted by atomic mass is 10.1. The van der Waals surface area contributed by atoms with E-state index in [9.17, 15) is 4.79 Å². The van der Waals surface area contributed by atoms with Crippen LogP contribution in [0.2, 0.25) is 5.02 Å². The number of hydrogen-bond acceptors (Lipinski definition) is 3. The summed E-state index contributed by atoms with van der Waals surface area (Å²) in [7, 11) is 0. The third-order valence-electron chi connectivity index (χ3n) is 3.84. The van der Waals surface area contributed by atoms with Crippen LogP contribution in [0.4, 0.5) is 0 Å². The van der Waals surface area contributed by atoms with Crippen LogP contribution in [0.3, 0.4) is 0 Å². The van der Waals surface area contributed by atoms with Crippen molar-refractivity contribution < 1.29 is 14.3 Å². The Bertz CT molecular complexity index is 699. The molecule has 3 rings (SSSR count). The summed E-state index contributed by atoms with van der Waals surface area (Å²) in [5.74, 6) is 0.727. The molecule has 2 aromatic rings.